The molecule has 0 saturated heterocycles. The topological polar surface area (TPSA) is 30.7 Å². The predicted molar refractivity (Wildman–Crippen MR) is 67.1 cm³/mol. The van der Waals surface area contributed by atoms with Crippen LogP contribution in [-0.2, 0) is 7.05 Å². The maximum absolute atomic E-state index is 4.04. The molecule has 3 heteroatoms. The summed E-state index contributed by atoms with van der Waals surface area (Å²) in [6, 6.07) is 8.24. The van der Waals surface area contributed by atoms with Gasteiger partial charge < -0.3 is 0 Å². The average Bonchev–Trinajstić information content (AvgIpc) is 2.66. The van der Waals surface area contributed by atoms with Crippen molar-refractivity contribution in [2.75, 3.05) is 0 Å². The van der Waals surface area contributed by atoms with Crippen LogP contribution in [0.3, 0.4) is 0 Å². The van der Waals surface area contributed by atoms with Gasteiger partial charge >= 0.3 is 0 Å². The summed E-state index contributed by atoms with van der Waals surface area (Å²) in [4.78, 5) is 0. The van der Waals surface area contributed by atoms with Gasteiger partial charge in [0.1, 0.15) is 5.69 Å². The zero-order valence-electron chi connectivity index (χ0n) is 10.4. The molecule has 0 unspecified atom stereocenters. The second-order valence-electron chi connectivity index (χ2n) is 3.85. The SMILES string of the molecule is CCC.Cc1cccc(-c2cn(C)nn2)c1. The van der Waals surface area contributed by atoms with Crippen LogP contribution in [0.5, 0.6) is 0 Å². The fraction of sp³-hybridized carbons (Fsp3) is 0.385. The Labute approximate surface area is 97.1 Å². The Bertz CT molecular complexity index is 432. The summed E-state index contributed by atoms with van der Waals surface area (Å²) in [5, 5.41) is 7.93. The summed E-state index contributed by atoms with van der Waals surface area (Å²) in [7, 11) is 1.87. The molecular weight excluding hydrogens is 198 g/mol. The van der Waals surface area contributed by atoms with Crippen LogP contribution in [0.1, 0.15) is 25.8 Å². The van der Waals surface area contributed by atoms with Crippen molar-refractivity contribution in [2.45, 2.75) is 27.2 Å². The summed E-state index contributed by atoms with van der Waals surface area (Å²) in [5.41, 5.74) is 3.28. The van der Waals surface area contributed by atoms with E-state index < -0.39 is 0 Å². The standard InChI is InChI=1S/C10H11N3.C3H8/c1-8-4-3-5-9(6-8)10-7-13(2)12-11-10;1-3-2/h3-7H,1-2H3;3H2,1-2H3. The second kappa shape index (κ2) is 6.05. The molecule has 0 amide bonds. The zero-order valence-corrected chi connectivity index (χ0v) is 10.4. The minimum absolute atomic E-state index is 0.922. The maximum atomic E-state index is 4.04. The molecule has 1 aromatic carbocycles. The number of benzene rings is 1. The Morgan fingerprint density at radius 3 is 2.44 bits per heavy atom. The van der Waals surface area contributed by atoms with Crippen molar-refractivity contribution in [3.8, 4) is 11.3 Å². The van der Waals surface area contributed by atoms with Crippen molar-refractivity contribution >= 4 is 0 Å². The largest absolute Gasteiger partial charge is 0.255 e. The number of hydrogen-bond acceptors (Lipinski definition) is 2. The summed E-state index contributed by atoms with van der Waals surface area (Å²) in [5.74, 6) is 0. The van der Waals surface area contributed by atoms with Crippen LogP contribution in [0.2, 0.25) is 0 Å². The Kier molecular flexibility index (Phi) is 4.70. The van der Waals surface area contributed by atoms with Gasteiger partial charge in [-0.25, -0.2) is 0 Å². The highest BCUT2D eigenvalue weighted by molar-refractivity contribution is 5.58. The first-order valence-corrected chi connectivity index (χ1v) is 5.60. The van der Waals surface area contributed by atoms with E-state index in [0.717, 1.165) is 11.3 Å². The lowest BCUT2D eigenvalue weighted by Crippen LogP contribution is -1.85. The van der Waals surface area contributed by atoms with Gasteiger partial charge in [0.2, 0.25) is 0 Å². The summed E-state index contributed by atoms with van der Waals surface area (Å²) in [6.45, 7) is 6.32. The number of hydrogen-bond donors (Lipinski definition) is 0. The molecule has 0 aliphatic rings. The highest BCUT2D eigenvalue weighted by atomic mass is 15.4. The lowest BCUT2D eigenvalue weighted by molar-refractivity contribution is 0.715. The van der Waals surface area contributed by atoms with Crippen LogP contribution in [0.15, 0.2) is 30.5 Å². The molecule has 3 nitrogen and oxygen atoms in total. The Morgan fingerprint density at radius 2 is 1.94 bits per heavy atom. The fourth-order valence-electron chi connectivity index (χ4n) is 1.28. The molecule has 0 aliphatic carbocycles. The van der Waals surface area contributed by atoms with Crippen LogP contribution in [0, 0.1) is 6.92 Å². The van der Waals surface area contributed by atoms with E-state index in [-0.39, 0.29) is 0 Å². The maximum Gasteiger partial charge on any atom is 0.113 e. The van der Waals surface area contributed by atoms with Crippen LogP contribution in [0.25, 0.3) is 11.3 Å². The zero-order chi connectivity index (χ0) is 12.0. The third-order valence-electron chi connectivity index (χ3n) is 1.92. The molecule has 0 saturated carbocycles. The first-order chi connectivity index (χ1) is 7.67. The van der Waals surface area contributed by atoms with Crippen LogP contribution >= 0.6 is 0 Å². The minimum atomic E-state index is 0.922. The van der Waals surface area contributed by atoms with Crippen LogP contribution < -0.4 is 0 Å². The third-order valence-corrected chi connectivity index (χ3v) is 1.92. The van der Waals surface area contributed by atoms with Gasteiger partial charge in [0, 0.05) is 12.6 Å². The fourth-order valence-corrected chi connectivity index (χ4v) is 1.28. The van der Waals surface area contributed by atoms with Gasteiger partial charge in [-0.1, -0.05) is 49.2 Å². The molecule has 0 spiro atoms. The van der Waals surface area contributed by atoms with Crippen molar-refractivity contribution < 1.29 is 0 Å². The highest BCUT2D eigenvalue weighted by Gasteiger charge is 2.00. The number of nitrogens with zero attached hydrogens (tertiary/aromatic N) is 3. The summed E-state index contributed by atoms with van der Waals surface area (Å²) < 4.78 is 1.71. The molecule has 1 heterocycles. The van der Waals surface area contributed by atoms with Gasteiger partial charge in [0.05, 0.1) is 6.20 Å². The lowest BCUT2D eigenvalue weighted by atomic mass is 10.1. The summed E-state index contributed by atoms with van der Waals surface area (Å²) in [6.07, 6.45) is 3.16. The van der Waals surface area contributed by atoms with Gasteiger partial charge in [0.25, 0.3) is 0 Å². The van der Waals surface area contributed by atoms with E-state index in [1.807, 2.05) is 25.4 Å². The normalized spacial score (nSPS) is 9.50. The molecule has 0 radical (unpaired) electrons. The Morgan fingerprint density at radius 1 is 1.25 bits per heavy atom. The third kappa shape index (κ3) is 3.50. The molecule has 0 atom stereocenters. The number of aromatic nitrogens is 3. The van der Waals surface area contributed by atoms with Crippen molar-refractivity contribution in [3.05, 3.63) is 36.0 Å². The molecule has 1 aromatic heterocycles. The van der Waals surface area contributed by atoms with Crippen molar-refractivity contribution in [2.24, 2.45) is 7.05 Å². The average molecular weight is 217 g/mol. The molecule has 0 bridgehead atoms. The van der Waals surface area contributed by atoms with Gasteiger partial charge in [-0.15, -0.1) is 5.10 Å². The molecule has 86 valence electrons. The first kappa shape index (κ1) is 12.4. The van der Waals surface area contributed by atoms with E-state index in [2.05, 4.69) is 43.2 Å². The summed E-state index contributed by atoms with van der Waals surface area (Å²) >= 11 is 0. The van der Waals surface area contributed by atoms with Gasteiger partial charge in [-0.2, -0.15) is 0 Å². The number of rotatable bonds is 1. The van der Waals surface area contributed by atoms with Gasteiger partial charge in [0.15, 0.2) is 0 Å². The molecule has 0 fully saturated rings. The smallest absolute Gasteiger partial charge is 0.113 e. The molecular formula is C13H19N3. The monoisotopic (exact) mass is 217 g/mol. The molecule has 0 N–H and O–H groups in total. The van der Waals surface area contributed by atoms with Crippen molar-refractivity contribution in [1.82, 2.24) is 15.0 Å². The lowest BCUT2D eigenvalue weighted by Gasteiger charge is -1.96. The number of aryl methyl sites for hydroxylation is 2. The Balaban J connectivity index is 0.000000386. The van der Waals surface area contributed by atoms with E-state index in [1.165, 1.54) is 12.0 Å². The highest BCUT2D eigenvalue weighted by Crippen LogP contribution is 2.16. The van der Waals surface area contributed by atoms with Gasteiger partial charge in [-0.05, 0) is 13.0 Å². The second-order valence-corrected chi connectivity index (χ2v) is 3.85. The van der Waals surface area contributed by atoms with Crippen LogP contribution in [-0.4, -0.2) is 15.0 Å². The molecule has 16 heavy (non-hydrogen) atoms. The van der Waals surface area contributed by atoms with Crippen molar-refractivity contribution in [3.63, 3.8) is 0 Å². The van der Waals surface area contributed by atoms with Crippen LogP contribution in [0.4, 0.5) is 0 Å². The quantitative estimate of drug-likeness (QED) is 0.734. The van der Waals surface area contributed by atoms with E-state index in [9.17, 15) is 0 Å². The molecule has 2 rings (SSSR count). The van der Waals surface area contributed by atoms with E-state index in [4.69, 9.17) is 0 Å². The van der Waals surface area contributed by atoms with Gasteiger partial charge in [-0.3, -0.25) is 4.68 Å². The molecule has 0 aliphatic heterocycles. The van der Waals surface area contributed by atoms with E-state index in [1.54, 1.807) is 4.68 Å². The molecule has 2 aromatic rings. The first-order valence-electron chi connectivity index (χ1n) is 5.60. The minimum Gasteiger partial charge on any atom is -0.255 e. The van der Waals surface area contributed by atoms with E-state index >= 15 is 0 Å². The van der Waals surface area contributed by atoms with E-state index in [0.29, 0.717) is 0 Å². The van der Waals surface area contributed by atoms with Crippen molar-refractivity contribution in [1.29, 1.82) is 0 Å². The predicted octanol–water partition coefficient (Wildman–Crippen LogP) is 3.21. The Hall–Kier alpha value is -1.64.